The first-order valence-electron chi connectivity index (χ1n) is 7.58. The van der Waals surface area contributed by atoms with Crippen LogP contribution in [0.15, 0.2) is 53.2 Å². The molecule has 0 saturated heterocycles. The summed E-state index contributed by atoms with van der Waals surface area (Å²) in [5, 5.41) is 4.04. The molecule has 4 rings (SSSR count). The van der Waals surface area contributed by atoms with Crippen molar-refractivity contribution in [3.8, 4) is 22.4 Å². The van der Waals surface area contributed by atoms with E-state index in [1.165, 1.54) is 12.1 Å². The van der Waals surface area contributed by atoms with Crippen molar-refractivity contribution in [3.63, 3.8) is 0 Å². The number of rotatable bonds is 2. The van der Waals surface area contributed by atoms with E-state index in [9.17, 15) is 4.39 Å². The Morgan fingerprint density at radius 3 is 2.50 bits per heavy atom. The molecule has 4 aromatic rings. The van der Waals surface area contributed by atoms with Crippen LogP contribution in [0.2, 0.25) is 0 Å². The van der Waals surface area contributed by atoms with Crippen LogP contribution >= 0.6 is 0 Å². The van der Waals surface area contributed by atoms with E-state index in [2.05, 4.69) is 15.1 Å². The van der Waals surface area contributed by atoms with Gasteiger partial charge in [-0.3, -0.25) is 4.98 Å². The SMILES string of the molecule is Cc1cc(-c2cc(-c3ccc(F)cc3)nc3c(C)noc23)ccn1. The lowest BCUT2D eigenvalue weighted by atomic mass is 10.0. The van der Waals surface area contributed by atoms with Gasteiger partial charge in [-0.25, -0.2) is 9.37 Å². The van der Waals surface area contributed by atoms with Gasteiger partial charge in [0.15, 0.2) is 5.58 Å². The number of nitrogens with zero attached hydrogens (tertiary/aromatic N) is 3. The minimum Gasteiger partial charge on any atom is -0.354 e. The first-order valence-corrected chi connectivity index (χ1v) is 7.58. The highest BCUT2D eigenvalue weighted by molar-refractivity contribution is 5.93. The number of hydrogen-bond acceptors (Lipinski definition) is 4. The monoisotopic (exact) mass is 319 g/mol. The van der Waals surface area contributed by atoms with Crippen LogP contribution in [0.3, 0.4) is 0 Å². The lowest BCUT2D eigenvalue weighted by Crippen LogP contribution is -1.90. The second kappa shape index (κ2) is 5.53. The maximum Gasteiger partial charge on any atom is 0.193 e. The molecule has 3 heterocycles. The van der Waals surface area contributed by atoms with Gasteiger partial charge in [0.1, 0.15) is 17.0 Å². The Balaban J connectivity index is 2.00. The summed E-state index contributed by atoms with van der Waals surface area (Å²) in [6.45, 7) is 3.79. The van der Waals surface area contributed by atoms with Gasteiger partial charge in [-0.15, -0.1) is 0 Å². The van der Waals surface area contributed by atoms with Crippen molar-refractivity contribution in [2.75, 3.05) is 0 Å². The van der Waals surface area contributed by atoms with E-state index in [0.29, 0.717) is 11.1 Å². The number of fused-ring (bicyclic) bond motifs is 1. The molecule has 5 heteroatoms. The van der Waals surface area contributed by atoms with Crippen LogP contribution in [0.4, 0.5) is 4.39 Å². The Morgan fingerprint density at radius 2 is 1.75 bits per heavy atom. The largest absolute Gasteiger partial charge is 0.354 e. The van der Waals surface area contributed by atoms with E-state index >= 15 is 0 Å². The smallest absolute Gasteiger partial charge is 0.193 e. The molecule has 3 aromatic heterocycles. The second-order valence-corrected chi connectivity index (χ2v) is 5.69. The third kappa shape index (κ3) is 2.44. The first kappa shape index (κ1) is 14.5. The van der Waals surface area contributed by atoms with E-state index in [0.717, 1.165) is 33.8 Å². The number of aromatic nitrogens is 3. The second-order valence-electron chi connectivity index (χ2n) is 5.69. The molecule has 0 unspecified atom stereocenters. The van der Waals surface area contributed by atoms with Crippen LogP contribution in [-0.2, 0) is 0 Å². The Kier molecular flexibility index (Phi) is 3.34. The highest BCUT2D eigenvalue weighted by Crippen LogP contribution is 2.33. The highest BCUT2D eigenvalue weighted by Gasteiger charge is 2.16. The van der Waals surface area contributed by atoms with Gasteiger partial charge in [0.25, 0.3) is 0 Å². The summed E-state index contributed by atoms with van der Waals surface area (Å²) in [6, 6.07) is 12.1. The van der Waals surface area contributed by atoms with Crippen molar-refractivity contribution in [2.24, 2.45) is 0 Å². The van der Waals surface area contributed by atoms with E-state index in [1.54, 1.807) is 18.3 Å². The zero-order valence-electron chi connectivity index (χ0n) is 13.2. The molecule has 118 valence electrons. The van der Waals surface area contributed by atoms with Gasteiger partial charge in [-0.2, -0.15) is 0 Å². The van der Waals surface area contributed by atoms with Crippen molar-refractivity contribution >= 4 is 11.1 Å². The predicted molar refractivity (Wildman–Crippen MR) is 89.9 cm³/mol. The molecule has 0 bridgehead atoms. The molecule has 4 nitrogen and oxygen atoms in total. The molecular weight excluding hydrogens is 305 g/mol. The molecule has 1 aromatic carbocycles. The van der Waals surface area contributed by atoms with Crippen molar-refractivity contribution in [3.05, 3.63) is 65.9 Å². The van der Waals surface area contributed by atoms with E-state index in [4.69, 9.17) is 4.52 Å². The van der Waals surface area contributed by atoms with Gasteiger partial charge in [-0.05, 0) is 61.9 Å². The summed E-state index contributed by atoms with van der Waals surface area (Å²) in [5.41, 5.74) is 6.45. The molecule has 0 N–H and O–H groups in total. The first-order chi connectivity index (χ1) is 11.6. The van der Waals surface area contributed by atoms with E-state index < -0.39 is 0 Å². The van der Waals surface area contributed by atoms with Crippen molar-refractivity contribution in [1.82, 2.24) is 15.1 Å². The van der Waals surface area contributed by atoms with Crippen molar-refractivity contribution in [2.45, 2.75) is 13.8 Å². The summed E-state index contributed by atoms with van der Waals surface area (Å²) in [5.74, 6) is -0.272. The molecular formula is C19H14FN3O. The van der Waals surface area contributed by atoms with Crippen LogP contribution in [-0.4, -0.2) is 15.1 Å². The minimum absolute atomic E-state index is 0.272. The average molecular weight is 319 g/mol. The quantitative estimate of drug-likeness (QED) is 0.537. The molecule has 0 radical (unpaired) electrons. The van der Waals surface area contributed by atoms with Gasteiger partial charge in [0.2, 0.25) is 0 Å². The fourth-order valence-electron chi connectivity index (χ4n) is 2.72. The van der Waals surface area contributed by atoms with Crippen LogP contribution in [0.1, 0.15) is 11.4 Å². The molecule has 0 spiro atoms. The van der Waals surface area contributed by atoms with Gasteiger partial charge < -0.3 is 4.52 Å². The molecule has 24 heavy (non-hydrogen) atoms. The topological polar surface area (TPSA) is 51.8 Å². The van der Waals surface area contributed by atoms with E-state index in [-0.39, 0.29) is 5.82 Å². The zero-order valence-corrected chi connectivity index (χ0v) is 13.2. The number of halogens is 1. The van der Waals surface area contributed by atoms with Gasteiger partial charge in [-0.1, -0.05) is 5.16 Å². The lowest BCUT2D eigenvalue weighted by Gasteiger charge is -2.07. The molecule has 0 aliphatic heterocycles. The molecule has 0 aliphatic rings. The summed E-state index contributed by atoms with van der Waals surface area (Å²) >= 11 is 0. The minimum atomic E-state index is -0.272. The van der Waals surface area contributed by atoms with Gasteiger partial charge in [0, 0.05) is 23.0 Å². The van der Waals surface area contributed by atoms with Crippen LogP contribution in [0, 0.1) is 19.7 Å². The van der Waals surface area contributed by atoms with Gasteiger partial charge >= 0.3 is 0 Å². The molecule has 0 amide bonds. The van der Waals surface area contributed by atoms with Crippen molar-refractivity contribution < 1.29 is 8.91 Å². The molecule has 0 atom stereocenters. The normalized spacial score (nSPS) is 11.1. The van der Waals surface area contributed by atoms with Crippen molar-refractivity contribution in [1.29, 1.82) is 0 Å². The number of benzene rings is 1. The Hall–Kier alpha value is -3.08. The van der Waals surface area contributed by atoms with Gasteiger partial charge in [0.05, 0.1) is 5.69 Å². The fraction of sp³-hybridized carbons (Fsp3) is 0.105. The zero-order chi connectivity index (χ0) is 16.7. The summed E-state index contributed by atoms with van der Waals surface area (Å²) in [4.78, 5) is 8.89. The Bertz CT molecular complexity index is 1040. The van der Waals surface area contributed by atoms with Crippen LogP contribution in [0.5, 0.6) is 0 Å². The van der Waals surface area contributed by atoms with Crippen LogP contribution in [0.25, 0.3) is 33.5 Å². The fourth-order valence-corrected chi connectivity index (χ4v) is 2.72. The third-order valence-electron chi connectivity index (χ3n) is 3.94. The number of pyridine rings is 2. The summed E-state index contributed by atoms with van der Waals surface area (Å²) < 4.78 is 18.7. The molecule has 0 saturated carbocycles. The standard InChI is InChI=1S/C19H14FN3O/c1-11-9-14(7-8-21-11)16-10-17(13-3-5-15(20)6-4-13)22-18-12(2)23-24-19(16)18/h3-10H,1-2H3. The van der Waals surface area contributed by atoms with Crippen LogP contribution < -0.4 is 0 Å². The highest BCUT2D eigenvalue weighted by atomic mass is 19.1. The maximum absolute atomic E-state index is 13.2. The molecule has 0 fully saturated rings. The molecule has 0 aliphatic carbocycles. The Morgan fingerprint density at radius 1 is 0.958 bits per heavy atom. The maximum atomic E-state index is 13.2. The average Bonchev–Trinajstić information content (AvgIpc) is 2.96. The number of aryl methyl sites for hydroxylation is 2. The predicted octanol–water partition coefficient (Wildman–Crippen LogP) is 4.71. The van der Waals surface area contributed by atoms with E-state index in [1.807, 2.05) is 32.0 Å². The summed E-state index contributed by atoms with van der Waals surface area (Å²) in [7, 11) is 0. The number of hydrogen-bond donors (Lipinski definition) is 0. The third-order valence-corrected chi connectivity index (χ3v) is 3.94. The lowest BCUT2D eigenvalue weighted by molar-refractivity contribution is 0.451. The Labute approximate surface area is 138 Å². The summed E-state index contributed by atoms with van der Waals surface area (Å²) in [6.07, 6.45) is 1.76.